The van der Waals surface area contributed by atoms with Crippen molar-refractivity contribution in [3.05, 3.63) is 206 Å². The molecule has 3 nitrogen and oxygen atoms in total. The average Bonchev–Trinajstić information content (AvgIpc) is 3.79. The van der Waals surface area contributed by atoms with Gasteiger partial charge in [-0.05, 0) is 100 Å². The van der Waals surface area contributed by atoms with Crippen LogP contribution in [0.4, 0.5) is 17.1 Å². The number of rotatable bonds is 6. The minimum absolute atomic E-state index is 0.881. The maximum Gasteiger partial charge on any atom is 0.136 e. The third kappa shape index (κ3) is 5.20. The van der Waals surface area contributed by atoms with Crippen molar-refractivity contribution in [3.63, 3.8) is 0 Å². The van der Waals surface area contributed by atoms with E-state index in [0.717, 1.165) is 61.4 Å². The van der Waals surface area contributed by atoms with Gasteiger partial charge in [0.25, 0.3) is 0 Å². The Morgan fingerprint density at radius 2 is 0.982 bits per heavy atom. The highest BCUT2D eigenvalue weighted by molar-refractivity contribution is 6.09. The molecular weight excluding hydrogens is 669 g/mol. The van der Waals surface area contributed by atoms with Crippen LogP contribution in [0.5, 0.6) is 0 Å². The third-order valence-electron chi connectivity index (χ3n) is 10.9. The Kier molecular flexibility index (Phi) is 7.17. The minimum Gasteiger partial charge on any atom is -0.456 e. The molecule has 0 atom stereocenters. The Morgan fingerprint density at radius 1 is 0.364 bits per heavy atom. The molecule has 0 saturated carbocycles. The SMILES string of the molecule is c1cc(-c2ccc3ccccc3c2)cc(N(c2cccc(-n3c4ccccc4c4ccccc43)c2)c2ccccc2-c2ccc3c(c2)oc2ccccc23)c1. The Morgan fingerprint density at radius 3 is 1.82 bits per heavy atom. The van der Waals surface area contributed by atoms with E-state index in [9.17, 15) is 0 Å². The lowest BCUT2D eigenvalue weighted by atomic mass is 9.98. The number of hydrogen-bond acceptors (Lipinski definition) is 2. The highest BCUT2D eigenvalue weighted by Gasteiger charge is 2.20. The van der Waals surface area contributed by atoms with Crippen LogP contribution in [-0.2, 0) is 0 Å². The maximum absolute atomic E-state index is 6.39. The molecule has 0 amide bonds. The fraction of sp³-hybridized carbons (Fsp3) is 0. The van der Waals surface area contributed by atoms with Crippen LogP contribution in [0.25, 0.3) is 82.5 Å². The van der Waals surface area contributed by atoms with Crippen LogP contribution in [0, 0.1) is 0 Å². The number of aromatic nitrogens is 1. The lowest BCUT2D eigenvalue weighted by molar-refractivity contribution is 0.669. The summed E-state index contributed by atoms with van der Waals surface area (Å²) in [4.78, 5) is 2.40. The predicted octanol–water partition coefficient (Wildman–Crippen LogP) is 14.6. The molecule has 2 heterocycles. The fourth-order valence-corrected chi connectivity index (χ4v) is 8.40. The second kappa shape index (κ2) is 12.6. The van der Waals surface area contributed by atoms with Crippen LogP contribution in [0.1, 0.15) is 0 Å². The standard InChI is InChI=1S/C52H34N2O/c1-2-14-36-31-38(28-27-35(36)13-1)37-15-11-16-40(32-37)53(41-17-12-18-42(34-41)54-49-24-8-4-20-44(49)45-21-5-9-25-50(45)54)48-23-7-3-19-43(48)39-29-30-47-46-22-6-10-26-51(46)55-52(47)33-39/h1-34H. The summed E-state index contributed by atoms with van der Waals surface area (Å²) < 4.78 is 8.78. The van der Waals surface area contributed by atoms with E-state index in [1.807, 2.05) is 12.1 Å². The number of para-hydroxylation sites is 4. The highest BCUT2D eigenvalue weighted by Crippen LogP contribution is 2.44. The van der Waals surface area contributed by atoms with Crippen LogP contribution in [0.2, 0.25) is 0 Å². The molecule has 0 spiro atoms. The van der Waals surface area contributed by atoms with Gasteiger partial charge < -0.3 is 13.9 Å². The van der Waals surface area contributed by atoms with E-state index in [1.54, 1.807) is 0 Å². The number of nitrogens with zero attached hydrogens (tertiary/aromatic N) is 2. The second-order valence-corrected chi connectivity index (χ2v) is 14.2. The molecule has 0 fully saturated rings. The van der Waals surface area contributed by atoms with Gasteiger partial charge in [0.05, 0.1) is 16.7 Å². The molecule has 0 radical (unpaired) electrons. The molecule has 0 aliphatic heterocycles. The molecule has 0 unspecified atom stereocenters. The van der Waals surface area contributed by atoms with Crippen LogP contribution >= 0.6 is 0 Å². The summed E-state index contributed by atoms with van der Waals surface area (Å²) in [6, 6.07) is 74.1. The first-order valence-corrected chi connectivity index (χ1v) is 18.8. The Balaban J connectivity index is 1.12. The van der Waals surface area contributed by atoms with Gasteiger partial charge in [-0.3, -0.25) is 0 Å². The van der Waals surface area contributed by atoms with Gasteiger partial charge in [0.2, 0.25) is 0 Å². The Hall–Kier alpha value is -7.36. The van der Waals surface area contributed by atoms with Gasteiger partial charge in [-0.25, -0.2) is 0 Å². The van der Waals surface area contributed by atoms with E-state index >= 15 is 0 Å². The Labute approximate surface area is 318 Å². The molecule has 0 saturated heterocycles. The van der Waals surface area contributed by atoms with E-state index in [0.29, 0.717) is 0 Å². The molecule has 0 aliphatic carbocycles. The number of benzene rings is 9. The topological polar surface area (TPSA) is 21.3 Å². The molecular formula is C52H34N2O. The summed E-state index contributed by atoms with van der Waals surface area (Å²) in [5.74, 6) is 0. The van der Waals surface area contributed by atoms with Crippen molar-refractivity contribution in [1.82, 2.24) is 4.57 Å². The summed E-state index contributed by atoms with van der Waals surface area (Å²) in [6.07, 6.45) is 0. The summed E-state index contributed by atoms with van der Waals surface area (Å²) in [5, 5.41) is 7.21. The zero-order valence-corrected chi connectivity index (χ0v) is 29.9. The molecule has 9 aromatic carbocycles. The van der Waals surface area contributed by atoms with Crippen molar-refractivity contribution in [2.75, 3.05) is 4.90 Å². The van der Waals surface area contributed by atoms with Gasteiger partial charge in [0.1, 0.15) is 11.2 Å². The van der Waals surface area contributed by atoms with Crippen LogP contribution in [0.3, 0.4) is 0 Å². The van der Waals surface area contributed by atoms with Crippen molar-refractivity contribution in [1.29, 1.82) is 0 Å². The van der Waals surface area contributed by atoms with Gasteiger partial charge >= 0.3 is 0 Å². The van der Waals surface area contributed by atoms with Crippen LogP contribution in [-0.4, -0.2) is 4.57 Å². The summed E-state index contributed by atoms with van der Waals surface area (Å²) in [5.41, 5.74) is 13.0. The van der Waals surface area contributed by atoms with E-state index in [2.05, 4.69) is 204 Å². The zero-order chi connectivity index (χ0) is 36.3. The lowest BCUT2D eigenvalue weighted by Crippen LogP contribution is -2.12. The van der Waals surface area contributed by atoms with Gasteiger partial charge in [-0.15, -0.1) is 0 Å². The van der Waals surface area contributed by atoms with Gasteiger partial charge in [-0.2, -0.15) is 0 Å². The predicted molar refractivity (Wildman–Crippen MR) is 231 cm³/mol. The molecule has 0 bridgehead atoms. The quantitative estimate of drug-likeness (QED) is 0.172. The first kappa shape index (κ1) is 31.2. The van der Waals surface area contributed by atoms with Gasteiger partial charge in [0, 0.05) is 44.2 Å². The fourth-order valence-electron chi connectivity index (χ4n) is 8.40. The lowest BCUT2D eigenvalue weighted by Gasteiger charge is -2.29. The molecule has 0 N–H and O–H groups in total. The number of furan rings is 1. The minimum atomic E-state index is 0.881. The number of anilines is 3. The second-order valence-electron chi connectivity index (χ2n) is 14.2. The molecule has 11 rings (SSSR count). The van der Waals surface area contributed by atoms with E-state index in [-0.39, 0.29) is 0 Å². The normalized spacial score (nSPS) is 11.6. The van der Waals surface area contributed by atoms with Crippen molar-refractivity contribution >= 4 is 71.6 Å². The smallest absolute Gasteiger partial charge is 0.136 e. The van der Waals surface area contributed by atoms with E-state index < -0.39 is 0 Å². The van der Waals surface area contributed by atoms with Crippen LogP contribution < -0.4 is 4.90 Å². The van der Waals surface area contributed by atoms with Crippen LogP contribution in [0.15, 0.2) is 211 Å². The van der Waals surface area contributed by atoms with Crippen molar-refractivity contribution < 1.29 is 4.42 Å². The third-order valence-corrected chi connectivity index (χ3v) is 10.9. The number of fused-ring (bicyclic) bond motifs is 7. The zero-order valence-electron chi connectivity index (χ0n) is 29.9. The largest absolute Gasteiger partial charge is 0.456 e. The molecule has 2 aromatic heterocycles. The van der Waals surface area contributed by atoms with Gasteiger partial charge in [-0.1, -0.05) is 133 Å². The monoisotopic (exact) mass is 702 g/mol. The molecule has 0 aliphatic rings. The molecule has 11 aromatic rings. The molecule has 55 heavy (non-hydrogen) atoms. The first-order chi connectivity index (χ1) is 27.3. The van der Waals surface area contributed by atoms with E-state index in [1.165, 1.54) is 38.1 Å². The Bertz CT molecular complexity index is 3190. The van der Waals surface area contributed by atoms with Crippen molar-refractivity contribution in [3.8, 4) is 27.9 Å². The van der Waals surface area contributed by atoms with Crippen molar-refractivity contribution in [2.45, 2.75) is 0 Å². The first-order valence-electron chi connectivity index (χ1n) is 18.8. The van der Waals surface area contributed by atoms with E-state index in [4.69, 9.17) is 4.42 Å². The maximum atomic E-state index is 6.39. The molecule has 3 heteroatoms. The summed E-state index contributed by atoms with van der Waals surface area (Å²) >= 11 is 0. The van der Waals surface area contributed by atoms with Crippen molar-refractivity contribution in [2.24, 2.45) is 0 Å². The summed E-state index contributed by atoms with van der Waals surface area (Å²) in [6.45, 7) is 0. The average molecular weight is 703 g/mol. The van der Waals surface area contributed by atoms with Gasteiger partial charge in [0.15, 0.2) is 0 Å². The highest BCUT2D eigenvalue weighted by atomic mass is 16.3. The number of hydrogen-bond donors (Lipinski definition) is 0. The molecule has 258 valence electrons. The summed E-state index contributed by atoms with van der Waals surface area (Å²) in [7, 11) is 0.